The molecule has 18 heavy (non-hydrogen) atoms. The molecular weight excluding hydrogens is 218 g/mol. The van der Waals surface area contributed by atoms with Crippen molar-refractivity contribution < 1.29 is 0 Å². The molecular formula is C17H29N. The van der Waals surface area contributed by atoms with Gasteiger partial charge in [0.25, 0.3) is 0 Å². The predicted molar refractivity (Wildman–Crippen MR) is 75.4 cm³/mol. The predicted octanol–water partition coefficient (Wildman–Crippen LogP) is 3.93. The summed E-state index contributed by atoms with van der Waals surface area (Å²) in [6.45, 7) is 7.52. The summed E-state index contributed by atoms with van der Waals surface area (Å²) in [5.74, 6) is 4.54. The molecule has 4 saturated carbocycles. The molecule has 0 atom stereocenters. The highest BCUT2D eigenvalue weighted by molar-refractivity contribution is 5.07. The molecule has 0 radical (unpaired) electrons. The van der Waals surface area contributed by atoms with Crippen LogP contribution in [0, 0.1) is 29.1 Å². The summed E-state index contributed by atoms with van der Waals surface area (Å²) in [7, 11) is 0. The number of piperidine rings is 1. The minimum atomic E-state index is 0.763. The lowest BCUT2D eigenvalue weighted by Gasteiger charge is -2.63. The van der Waals surface area contributed by atoms with E-state index < -0.39 is 0 Å². The molecule has 1 heteroatoms. The maximum absolute atomic E-state index is 2.72. The van der Waals surface area contributed by atoms with Crippen LogP contribution in [0.4, 0.5) is 0 Å². The molecule has 5 aliphatic rings. The molecule has 0 aromatic carbocycles. The van der Waals surface area contributed by atoms with Crippen molar-refractivity contribution in [2.75, 3.05) is 13.1 Å². The average molecular weight is 247 g/mol. The van der Waals surface area contributed by atoms with Crippen LogP contribution in [0.5, 0.6) is 0 Å². The van der Waals surface area contributed by atoms with Gasteiger partial charge in [-0.05, 0) is 101 Å². The van der Waals surface area contributed by atoms with Crippen molar-refractivity contribution in [1.82, 2.24) is 4.90 Å². The number of hydrogen-bond acceptors (Lipinski definition) is 1. The highest BCUT2D eigenvalue weighted by atomic mass is 15.2. The van der Waals surface area contributed by atoms with Gasteiger partial charge in [0, 0.05) is 6.04 Å². The highest BCUT2D eigenvalue weighted by Gasteiger charge is 2.57. The van der Waals surface area contributed by atoms with Crippen molar-refractivity contribution in [3.8, 4) is 0 Å². The second kappa shape index (κ2) is 3.98. The first-order valence-electron chi connectivity index (χ1n) is 8.41. The molecule has 102 valence electrons. The zero-order valence-corrected chi connectivity index (χ0v) is 12.2. The van der Waals surface area contributed by atoms with Crippen LogP contribution in [0.15, 0.2) is 0 Å². The summed E-state index contributed by atoms with van der Waals surface area (Å²) in [4.78, 5) is 2.72. The van der Waals surface area contributed by atoms with Crippen LogP contribution in [0.25, 0.3) is 0 Å². The Morgan fingerprint density at radius 2 is 1.33 bits per heavy atom. The molecule has 5 rings (SSSR count). The fourth-order valence-electron chi connectivity index (χ4n) is 6.40. The summed E-state index contributed by atoms with van der Waals surface area (Å²) in [6.07, 6.45) is 11.1. The Morgan fingerprint density at radius 1 is 0.833 bits per heavy atom. The Bertz CT molecular complexity index is 295. The third-order valence-electron chi connectivity index (χ3n) is 7.22. The van der Waals surface area contributed by atoms with Crippen LogP contribution >= 0.6 is 0 Å². The lowest BCUT2D eigenvalue weighted by molar-refractivity contribution is -0.137. The molecule has 0 amide bonds. The zero-order chi connectivity index (χ0) is 12.3. The van der Waals surface area contributed by atoms with Gasteiger partial charge in [-0.15, -0.1) is 0 Å². The Kier molecular flexibility index (Phi) is 2.60. The average Bonchev–Trinajstić information content (AvgIpc) is 2.35. The lowest BCUT2D eigenvalue weighted by atomic mass is 9.43. The summed E-state index contributed by atoms with van der Waals surface area (Å²) in [6, 6.07) is 0.763. The van der Waals surface area contributed by atoms with Crippen molar-refractivity contribution in [3.63, 3.8) is 0 Å². The van der Waals surface area contributed by atoms with Crippen LogP contribution in [-0.4, -0.2) is 24.0 Å². The second-order valence-corrected chi connectivity index (χ2v) is 8.17. The molecule has 1 nitrogen and oxygen atoms in total. The van der Waals surface area contributed by atoms with Gasteiger partial charge in [0.05, 0.1) is 0 Å². The van der Waals surface area contributed by atoms with Crippen LogP contribution in [0.2, 0.25) is 0 Å². The number of rotatable bonds is 1. The van der Waals surface area contributed by atoms with Gasteiger partial charge in [0.15, 0.2) is 0 Å². The van der Waals surface area contributed by atoms with Crippen LogP contribution in [-0.2, 0) is 0 Å². The summed E-state index contributed by atoms with van der Waals surface area (Å²) in [5, 5.41) is 0. The van der Waals surface area contributed by atoms with E-state index in [0.717, 1.165) is 35.1 Å². The minimum Gasteiger partial charge on any atom is -0.301 e. The topological polar surface area (TPSA) is 3.24 Å². The molecule has 1 spiro atoms. The Labute approximate surface area is 112 Å². The van der Waals surface area contributed by atoms with Crippen LogP contribution < -0.4 is 0 Å². The van der Waals surface area contributed by atoms with E-state index in [0.29, 0.717) is 0 Å². The van der Waals surface area contributed by atoms with Gasteiger partial charge in [0.2, 0.25) is 0 Å². The van der Waals surface area contributed by atoms with E-state index in [4.69, 9.17) is 0 Å². The summed E-state index contributed by atoms with van der Waals surface area (Å²) < 4.78 is 0. The highest BCUT2D eigenvalue weighted by Crippen LogP contribution is 2.65. The zero-order valence-electron chi connectivity index (χ0n) is 12.2. The molecule has 0 N–H and O–H groups in total. The fourth-order valence-corrected chi connectivity index (χ4v) is 6.40. The van der Waals surface area contributed by atoms with E-state index in [1.807, 2.05) is 0 Å². The van der Waals surface area contributed by atoms with Crippen molar-refractivity contribution in [1.29, 1.82) is 0 Å². The molecule has 4 bridgehead atoms. The number of hydrogen-bond donors (Lipinski definition) is 0. The van der Waals surface area contributed by atoms with Gasteiger partial charge in [-0.25, -0.2) is 0 Å². The molecule has 1 heterocycles. The second-order valence-electron chi connectivity index (χ2n) is 8.17. The molecule has 0 aromatic rings. The van der Waals surface area contributed by atoms with E-state index in [1.165, 1.54) is 25.9 Å². The first-order valence-corrected chi connectivity index (χ1v) is 8.41. The molecule has 4 aliphatic carbocycles. The smallest absolute Gasteiger partial charge is 0.00385 e. The molecule has 5 fully saturated rings. The first-order chi connectivity index (χ1) is 8.67. The van der Waals surface area contributed by atoms with Crippen molar-refractivity contribution in [2.24, 2.45) is 29.1 Å². The van der Waals surface area contributed by atoms with E-state index in [-0.39, 0.29) is 0 Å². The molecule has 0 aromatic heterocycles. The van der Waals surface area contributed by atoms with E-state index in [1.54, 1.807) is 32.1 Å². The summed E-state index contributed by atoms with van der Waals surface area (Å²) in [5.41, 5.74) is 0.804. The fraction of sp³-hybridized carbons (Fsp3) is 1.00. The third-order valence-corrected chi connectivity index (χ3v) is 7.22. The maximum Gasteiger partial charge on any atom is 0.00385 e. The van der Waals surface area contributed by atoms with E-state index >= 15 is 0 Å². The van der Waals surface area contributed by atoms with Crippen LogP contribution in [0.3, 0.4) is 0 Å². The van der Waals surface area contributed by atoms with E-state index in [2.05, 4.69) is 18.7 Å². The quantitative estimate of drug-likeness (QED) is 0.678. The standard InChI is InChI=1S/C17H29N/c1-12(2)18-5-3-17(4-6-18)15-8-13-7-14(10-15)11-16(17)9-13/h12-16H,3-11H2,1-2H3. The first kappa shape index (κ1) is 11.8. The normalized spacial score (nSPS) is 46.2. The summed E-state index contributed by atoms with van der Waals surface area (Å²) >= 11 is 0. The number of likely N-dealkylation sites (tertiary alicyclic amines) is 1. The van der Waals surface area contributed by atoms with Crippen LogP contribution in [0.1, 0.15) is 58.8 Å². The third kappa shape index (κ3) is 1.55. The van der Waals surface area contributed by atoms with Gasteiger partial charge < -0.3 is 4.90 Å². The van der Waals surface area contributed by atoms with Gasteiger partial charge in [0.1, 0.15) is 0 Å². The Balaban J connectivity index is 1.54. The van der Waals surface area contributed by atoms with Gasteiger partial charge in [-0.1, -0.05) is 0 Å². The van der Waals surface area contributed by atoms with Crippen molar-refractivity contribution in [2.45, 2.75) is 64.8 Å². The maximum atomic E-state index is 2.72. The monoisotopic (exact) mass is 247 g/mol. The Morgan fingerprint density at radius 3 is 1.78 bits per heavy atom. The van der Waals surface area contributed by atoms with E-state index in [9.17, 15) is 0 Å². The van der Waals surface area contributed by atoms with Gasteiger partial charge >= 0.3 is 0 Å². The largest absolute Gasteiger partial charge is 0.301 e. The Hall–Kier alpha value is -0.0400. The van der Waals surface area contributed by atoms with Gasteiger partial charge in [-0.3, -0.25) is 0 Å². The lowest BCUT2D eigenvalue weighted by Crippen LogP contribution is -2.57. The molecule has 1 saturated heterocycles. The van der Waals surface area contributed by atoms with Crippen molar-refractivity contribution in [3.05, 3.63) is 0 Å². The van der Waals surface area contributed by atoms with Crippen molar-refractivity contribution >= 4 is 0 Å². The number of nitrogens with zero attached hydrogens (tertiary/aromatic N) is 1. The molecule has 1 aliphatic heterocycles. The van der Waals surface area contributed by atoms with Gasteiger partial charge in [-0.2, -0.15) is 0 Å². The SMILES string of the molecule is CC(C)N1CCC2(CC1)C1CC3CC(C1)CC2C3. The minimum absolute atomic E-state index is 0.763. The molecule has 0 unspecified atom stereocenters.